The van der Waals surface area contributed by atoms with Gasteiger partial charge in [-0.1, -0.05) is 26.0 Å². The smallest absolute Gasteiger partial charge is 0.248 e. The highest BCUT2D eigenvalue weighted by Gasteiger charge is 2.52. The van der Waals surface area contributed by atoms with E-state index in [1.54, 1.807) is 18.3 Å². The molecule has 4 aromatic rings. The maximum atomic E-state index is 13.8. The van der Waals surface area contributed by atoms with Crippen LogP contribution in [0.5, 0.6) is 0 Å². The van der Waals surface area contributed by atoms with Gasteiger partial charge < -0.3 is 10.8 Å². The van der Waals surface area contributed by atoms with Crippen molar-refractivity contribution >= 4 is 5.91 Å². The van der Waals surface area contributed by atoms with Crippen LogP contribution in [0, 0.1) is 24.6 Å². The average molecular weight is 524 g/mol. The Hall–Kier alpha value is -4.33. The molecule has 0 unspecified atom stereocenters. The SMILES string of the molecule is Cc1cc(-c2ccc(-n3nc(-c4ccc(F)cc4)c4c3[C@]3(C)CC(C(N)=O)=C(O)[C@H](C)[C@H]3CC4)cc2)cnn1. The molecule has 2 aromatic heterocycles. The third kappa shape index (κ3) is 4.02. The number of halogens is 1. The zero-order valence-corrected chi connectivity index (χ0v) is 22.1. The van der Waals surface area contributed by atoms with Gasteiger partial charge in [-0.3, -0.25) is 4.79 Å². The number of fused-ring (bicyclic) bond motifs is 3. The summed E-state index contributed by atoms with van der Waals surface area (Å²) >= 11 is 0. The summed E-state index contributed by atoms with van der Waals surface area (Å²) in [7, 11) is 0. The molecule has 0 saturated heterocycles. The fourth-order valence-corrected chi connectivity index (χ4v) is 6.67. The van der Waals surface area contributed by atoms with Crippen LogP contribution >= 0.6 is 0 Å². The minimum absolute atomic E-state index is 0.0924. The van der Waals surface area contributed by atoms with Gasteiger partial charge in [0.1, 0.15) is 11.6 Å². The molecule has 2 heterocycles. The van der Waals surface area contributed by atoms with Crippen molar-refractivity contribution in [3.05, 3.63) is 94.9 Å². The Labute approximate surface area is 226 Å². The van der Waals surface area contributed by atoms with E-state index in [4.69, 9.17) is 10.8 Å². The molecule has 3 atom stereocenters. The number of allylic oxidation sites excluding steroid dienone is 1. The van der Waals surface area contributed by atoms with Crippen molar-refractivity contribution in [1.82, 2.24) is 20.0 Å². The molecule has 2 aliphatic rings. The Balaban J connectivity index is 1.54. The van der Waals surface area contributed by atoms with Crippen molar-refractivity contribution in [2.24, 2.45) is 17.6 Å². The molecule has 1 amide bonds. The van der Waals surface area contributed by atoms with Crippen LogP contribution in [0.3, 0.4) is 0 Å². The molecule has 8 heteroatoms. The average Bonchev–Trinajstić information content (AvgIpc) is 3.32. The summed E-state index contributed by atoms with van der Waals surface area (Å²) in [6.07, 6.45) is 3.65. The molecular weight excluding hydrogens is 493 g/mol. The Kier molecular flexibility index (Phi) is 5.86. The predicted octanol–water partition coefficient (Wildman–Crippen LogP) is 5.60. The van der Waals surface area contributed by atoms with Gasteiger partial charge in [-0.2, -0.15) is 15.3 Å². The van der Waals surface area contributed by atoms with Crippen LogP contribution in [0.25, 0.3) is 28.1 Å². The van der Waals surface area contributed by atoms with Gasteiger partial charge in [-0.15, -0.1) is 0 Å². The minimum atomic E-state index is -0.596. The molecule has 6 rings (SSSR count). The Morgan fingerprint density at radius 1 is 1.10 bits per heavy atom. The van der Waals surface area contributed by atoms with Crippen LogP contribution in [0.2, 0.25) is 0 Å². The van der Waals surface area contributed by atoms with E-state index in [9.17, 15) is 14.3 Å². The second kappa shape index (κ2) is 9.15. The van der Waals surface area contributed by atoms with Gasteiger partial charge in [0.15, 0.2) is 0 Å². The third-order valence-electron chi connectivity index (χ3n) is 8.57. The lowest BCUT2D eigenvalue weighted by atomic mass is 9.56. The number of aliphatic hydroxyl groups is 1. The first-order chi connectivity index (χ1) is 18.7. The highest BCUT2D eigenvalue weighted by atomic mass is 19.1. The monoisotopic (exact) mass is 523 g/mol. The first-order valence-corrected chi connectivity index (χ1v) is 13.2. The lowest BCUT2D eigenvalue weighted by Gasteiger charge is -2.48. The quantitative estimate of drug-likeness (QED) is 0.362. The number of primary amides is 1. The zero-order valence-electron chi connectivity index (χ0n) is 22.1. The number of aromatic nitrogens is 4. The maximum absolute atomic E-state index is 13.8. The summed E-state index contributed by atoms with van der Waals surface area (Å²) in [5.41, 5.74) is 12.9. The number of amides is 1. The number of nitrogens with two attached hydrogens (primary N) is 1. The van der Waals surface area contributed by atoms with Crippen LogP contribution < -0.4 is 5.73 Å². The van der Waals surface area contributed by atoms with Crippen LogP contribution in [0.1, 0.15) is 43.6 Å². The van der Waals surface area contributed by atoms with Crippen molar-refractivity contribution in [2.75, 3.05) is 0 Å². The molecule has 0 spiro atoms. The van der Waals surface area contributed by atoms with Crippen molar-refractivity contribution < 1.29 is 14.3 Å². The largest absolute Gasteiger partial charge is 0.512 e. The second-order valence-corrected chi connectivity index (χ2v) is 11.0. The maximum Gasteiger partial charge on any atom is 0.248 e. The normalized spacial score (nSPS) is 22.4. The number of aryl methyl sites for hydroxylation is 1. The van der Waals surface area contributed by atoms with Gasteiger partial charge in [0, 0.05) is 28.0 Å². The molecule has 0 aliphatic heterocycles. The lowest BCUT2D eigenvalue weighted by Crippen LogP contribution is -2.47. The number of benzene rings is 2. The van der Waals surface area contributed by atoms with E-state index in [1.807, 2.05) is 48.9 Å². The summed E-state index contributed by atoms with van der Waals surface area (Å²) in [6.45, 7) is 6.02. The van der Waals surface area contributed by atoms with E-state index in [1.165, 1.54) is 12.1 Å². The molecule has 198 valence electrons. The van der Waals surface area contributed by atoms with Gasteiger partial charge in [0.05, 0.1) is 34.5 Å². The Bertz CT molecular complexity index is 1620. The summed E-state index contributed by atoms with van der Waals surface area (Å²) in [5, 5.41) is 24.1. The molecule has 0 radical (unpaired) electrons. The number of carbonyl (C=O) groups is 1. The van der Waals surface area contributed by atoms with Crippen LogP contribution in [-0.4, -0.2) is 31.0 Å². The van der Waals surface area contributed by atoms with E-state index < -0.39 is 11.3 Å². The third-order valence-corrected chi connectivity index (χ3v) is 8.57. The van der Waals surface area contributed by atoms with Crippen LogP contribution in [0.4, 0.5) is 4.39 Å². The predicted molar refractivity (Wildman–Crippen MR) is 147 cm³/mol. The zero-order chi connectivity index (χ0) is 27.5. The molecule has 0 fully saturated rings. The highest BCUT2D eigenvalue weighted by Crippen LogP contribution is 2.55. The van der Waals surface area contributed by atoms with Crippen LogP contribution in [-0.2, 0) is 16.6 Å². The van der Waals surface area contributed by atoms with Crippen molar-refractivity contribution in [1.29, 1.82) is 0 Å². The lowest BCUT2D eigenvalue weighted by molar-refractivity contribution is -0.115. The number of rotatable bonds is 4. The molecule has 2 aromatic carbocycles. The van der Waals surface area contributed by atoms with Gasteiger partial charge in [-0.25, -0.2) is 9.07 Å². The van der Waals surface area contributed by atoms with Crippen molar-refractivity contribution in [3.63, 3.8) is 0 Å². The van der Waals surface area contributed by atoms with Crippen molar-refractivity contribution in [3.8, 4) is 28.1 Å². The summed E-state index contributed by atoms with van der Waals surface area (Å²) in [4.78, 5) is 12.4. The van der Waals surface area contributed by atoms with Gasteiger partial charge >= 0.3 is 0 Å². The van der Waals surface area contributed by atoms with E-state index in [0.717, 1.165) is 57.9 Å². The highest BCUT2D eigenvalue weighted by molar-refractivity contribution is 5.93. The molecule has 2 aliphatic carbocycles. The number of hydrogen-bond acceptors (Lipinski definition) is 5. The number of nitrogens with zero attached hydrogens (tertiary/aromatic N) is 4. The van der Waals surface area contributed by atoms with Gasteiger partial charge in [0.25, 0.3) is 0 Å². The fourth-order valence-electron chi connectivity index (χ4n) is 6.67. The van der Waals surface area contributed by atoms with Crippen LogP contribution in [0.15, 0.2) is 72.1 Å². The van der Waals surface area contributed by atoms with E-state index in [0.29, 0.717) is 6.42 Å². The Morgan fingerprint density at radius 3 is 2.46 bits per heavy atom. The molecular formula is C31H30FN5O2. The van der Waals surface area contributed by atoms with E-state index >= 15 is 0 Å². The fraction of sp³-hybridized carbons (Fsp3) is 0.290. The number of aliphatic hydroxyl groups excluding tert-OH is 1. The summed E-state index contributed by atoms with van der Waals surface area (Å²) < 4.78 is 15.8. The second-order valence-electron chi connectivity index (χ2n) is 11.0. The number of carbonyl (C=O) groups excluding carboxylic acids is 1. The molecule has 0 saturated carbocycles. The first kappa shape index (κ1) is 25.0. The number of hydrogen-bond donors (Lipinski definition) is 2. The summed E-state index contributed by atoms with van der Waals surface area (Å²) in [6, 6.07) is 16.5. The van der Waals surface area contributed by atoms with Gasteiger partial charge in [0.2, 0.25) is 5.91 Å². The topological polar surface area (TPSA) is 107 Å². The minimum Gasteiger partial charge on any atom is -0.512 e. The Morgan fingerprint density at radius 2 is 1.79 bits per heavy atom. The van der Waals surface area contributed by atoms with Crippen molar-refractivity contribution in [2.45, 2.75) is 45.4 Å². The molecule has 0 bridgehead atoms. The van der Waals surface area contributed by atoms with E-state index in [-0.39, 0.29) is 29.0 Å². The molecule has 3 N–H and O–H groups in total. The van der Waals surface area contributed by atoms with Gasteiger partial charge in [-0.05, 0) is 80.1 Å². The first-order valence-electron chi connectivity index (χ1n) is 13.2. The molecule has 39 heavy (non-hydrogen) atoms. The van der Waals surface area contributed by atoms with E-state index in [2.05, 4.69) is 17.1 Å². The standard InChI is InChI=1S/C31H30FN5O2/c1-17-14-21(16-34-35-17)19-6-10-23(11-7-19)37-29-24(27(36-37)20-4-8-22(32)9-5-20)12-13-26-18(2)28(38)25(30(33)39)15-31(26,29)3/h4-11,14,16,18,26,38H,12-13,15H2,1-3H3,(H2,33,39)/t18-,26-,31-/m1/s1. The molecule has 7 nitrogen and oxygen atoms in total. The summed E-state index contributed by atoms with van der Waals surface area (Å²) in [5.74, 6) is -0.926.